The van der Waals surface area contributed by atoms with Crippen molar-refractivity contribution in [2.45, 2.75) is 70.3 Å². The maximum atomic E-state index is 8.46. The lowest BCUT2D eigenvalue weighted by Gasteiger charge is -1.95. The molecule has 1 aromatic rings. The van der Waals surface area contributed by atoms with Crippen molar-refractivity contribution in [2.24, 2.45) is 0 Å². The van der Waals surface area contributed by atoms with Crippen molar-refractivity contribution in [3.8, 4) is 0 Å². The smallest absolute Gasteiger partial charge is 0.0919 e. The van der Waals surface area contributed by atoms with Gasteiger partial charge in [0.05, 0.1) is 19.0 Å². The Labute approximate surface area is 147 Å². The predicted molar refractivity (Wildman–Crippen MR) is 98.9 cm³/mol. The molecule has 1 atom stereocenters. The average Bonchev–Trinajstić information content (AvgIpc) is 3.22. The van der Waals surface area contributed by atoms with Crippen LogP contribution in [-0.4, -0.2) is 46.1 Å². The summed E-state index contributed by atoms with van der Waals surface area (Å²) in [5.41, 5.74) is 0. The molecule has 140 valence electrons. The van der Waals surface area contributed by atoms with Crippen LogP contribution < -0.4 is 0 Å². The molecule has 2 heterocycles. The minimum atomic E-state index is 0.341. The summed E-state index contributed by atoms with van der Waals surface area (Å²) in [6.45, 7) is 5.30. The number of hydrogen-bond acceptors (Lipinski definition) is 4. The molecule has 24 heavy (non-hydrogen) atoms. The molecule has 1 saturated heterocycles. The van der Waals surface area contributed by atoms with Gasteiger partial charge in [0.1, 0.15) is 0 Å². The van der Waals surface area contributed by atoms with Crippen molar-refractivity contribution in [1.82, 2.24) is 9.97 Å². The van der Waals surface area contributed by atoms with E-state index in [0.29, 0.717) is 19.3 Å². The fourth-order valence-corrected chi connectivity index (χ4v) is 2.04. The number of aromatic amines is 1. The average molecular weight is 341 g/mol. The summed E-state index contributed by atoms with van der Waals surface area (Å²) >= 11 is 0. The van der Waals surface area contributed by atoms with Crippen molar-refractivity contribution in [2.75, 3.05) is 19.8 Å². The highest BCUT2D eigenvalue weighted by Crippen LogP contribution is 2.17. The fraction of sp³-hybridized carbons (Fsp3) is 0.737. The highest BCUT2D eigenvalue weighted by molar-refractivity contribution is 4.68. The largest absolute Gasteiger partial charge is 0.396 e. The summed E-state index contributed by atoms with van der Waals surface area (Å²) in [5, 5.41) is 16.9. The molecule has 1 fully saturated rings. The number of ether oxygens (including phenoxy) is 1. The molecule has 1 unspecified atom stereocenters. The fourth-order valence-electron chi connectivity index (χ4n) is 2.04. The lowest BCUT2D eigenvalue weighted by molar-refractivity contribution is 0.281. The first-order valence-corrected chi connectivity index (χ1v) is 9.22. The molecular weight excluding hydrogens is 304 g/mol. The van der Waals surface area contributed by atoms with E-state index < -0.39 is 0 Å². The number of rotatable bonds is 12. The van der Waals surface area contributed by atoms with Gasteiger partial charge in [0.15, 0.2) is 0 Å². The molecule has 0 aromatic carbocycles. The number of aliphatic hydroxyl groups is 2. The van der Waals surface area contributed by atoms with Gasteiger partial charge < -0.3 is 19.9 Å². The summed E-state index contributed by atoms with van der Waals surface area (Å²) < 4.78 is 5.07. The van der Waals surface area contributed by atoms with Crippen LogP contribution in [0.2, 0.25) is 0 Å². The first-order chi connectivity index (χ1) is 11.8. The van der Waals surface area contributed by atoms with E-state index in [0.717, 1.165) is 32.3 Å². The number of aromatic nitrogens is 2. The second kappa shape index (κ2) is 19.9. The van der Waals surface area contributed by atoms with E-state index in [1.54, 1.807) is 18.7 Å². The molecule has 1 aliphatic heterocycles. The molecule has 5 heteroatoms. The summed E-state index contributed by atoms with van der Waals surface area (Å²) in [5.74, 6) is 0. The first kappa shape index (κ1) is 22.8. The van der Waals surface area contributed by atoms with Gasteiger partial charge in [0, 0.05) is 25.6 Å². The summed E-state index contributed by atoms with van der Waals surface area (Å²) in [6, 6.07) is 0. The molecule has 1 aliphatic rings. The van der Waals surface area contributed by atoms with Crippen LogP contribution in [0.15, 0.2) is 31.4 Å². The number of aliphatic hydroxyl groups excluding tert-OH is 2. The maximum Gasteiger partial charge on any atom is 0.0919 e. The van der Waals surface area contributed by atoms with Crippen molar-refractivity contribution in [3.05, 3.63) is 31.4 Å². The molecule has 5 nitrogen and oxygen atoms in total. The van der Waals surface area contributed by atoms with Gasteiger partial charge in [0.2, 0.25) is 0 Å². The van der Waals surface area contributed by atoms with E-state index in [9.17, 15) is 0 Å². The molecule has 0 aliphatic carbocycles. The number of allylic oxidation sites excluding steroid dienone is 1. The Kier molecular flexibility index (Phi) is 18.9. The van der Waals surface area contributed by atoms with Crippen LogP contribution >= 0.6 is 0 Å². The first-order valence-electron chi connectivity index (χ1n) is 9.22. The monoisotopic (exact) mass is 340 g/mol. The third-order valence-corrected chi connectivity index (χ3v) is 3.56. The topological polar surface area (TPSA) is 81.7 Å². The second-order valence-electron chi connectivity index (χ2n) is 5.86. The SMILES string of the molecule is C=CCCCCCCO.OCCCCCCC1CO1.c1c[nH]cn1. The van der Waals surface area contributed by atoms with Gasteiger partial charge in [-0.3, -0.25) is 0 Å². The Balaban J connectivity index is 0.000000347. The zero-order valence-electron chi connectivity index (χ0n) is 15.0. The van der Waals surface area contributed by atoms with E-state index in [1.807, 2.05) is 6.08 Å². The van der Waals surface area contributed by atoms with Crippen molar-refractivity contribution in [1.29, 1.82) is 0 Å². The Morgan fingerprint density at radius 2 is 1.67 bits per heavy atom. The zero-order chi connectivity index (χ0) is 17.7. The highest BCUT2D eigenvalue weighted by Gasteiger charge is 2.20. The van der Waals surface area contributed by atoms with Gasteiger partial charge in [-0.05, 0) is 32.1 Å². The molecule has 0 amide bonds. The highest BCUT2D eigenvalue weighted by atomic mass is 16.6. The van der Waals surface area contributed by atoms with E-state index in [-0.39, 0.29) is 0 Å². The molecular formula is C19H36N2O3. The van der Waals surface area contributed by atoms with Gasteiger partial charge >= 0.3 is 0 Å². The molecule has 0 bridgehead atoms. The zero-order valence-corrected chi connectivity index (χ0v) is 15.0. The van der Waals surface area contributed by atoms with Gasteiger partial charge in [-0.2, -0.15) is 0 Å². The van der Waals surface area contributed by atoms with Crippen LogP contribution in [0.1, 0.15) is 64.2 Å². The van der Waals surface area contributed by atoms with Gasteiger partial charge in [-0.15, -0.1) is 6.58 Å². The number of nitrogens with zero attached hydrogens (tertiary/aromatic N) is 1. The van der Waals surface area contributed by atoms with Crippen LogP contribution in [0.3, 0.4) is 0 Å². The molecule has 0 spiro atoms. The van der Waals surface area contributed by atoms with Crippen LogP contribution in [0.5, 0.6) is 0 Å². The standard InChI is InChI=1S/C8H16O2.C8H16O.C3H4N2/c9-6-4-2-1-3-5-8-7-10-8;1-2-3-4-5-6-7-8-9;1-2-5-3-4-1/h8-9H,1-7H2;2,9H,1,3-8H2;1-3H,(H,4,5). The molecule has 3 N–H and O–H groups in total. The predicted octanol–water partition coefficient (Wildman–Crippen LogP) is 3.85. The lowest BCUT2D eigenvalue weighted by atomic mass is 10.1. The summed E-state index contributed by atoms with van der Waals surface area (Å²) in [6.07, 6.45) is 19.2. The van der Waals surface area contributed by atoms with E-state index in [1.165, 1.54) is 38.5 Å². The number of epoxide rings is 1. The maximum absolute atomic E-state index is 8.46. The van der Waals surface area contributed by atoms with Gasteiger partial charge in [0.25, 0.3) is 0 Å². The van der Waals surface area contributed by atoms with Crippen LogP contribution in [0.4, 0.5) is 0 Å². The number of hydrogen-bond donors (Lipinski definition) is 3. The van der Waals surface area contributed by atoms with E-state index >= 15 is 0 Å². The minimum Gasteiger partial charge on any atom is -0.396 e. The number of H-pyrrole nitrogens is 1. The van der Waals surface area contributed by atoms with E-state index in [4.69, 9.17) is 14.9 Å². The molecule has 0 saturated carbocycles. The summed E-state index contributed by atoms with van der Waals surface area (Å²) in [7, 11) is 0. The lowest BCUT2D eigenvalue weighted by Crippen LogP contribution is -1.87. The quantitative estimate of drug-likeness (QED) is 0.307. The van der Waals surface area contributed by atoms with E-state index in [2.05, 4.69) is 16.5 Å². The van der Waals surface area contributed by atoms with Gasteiger partial charge in [-0.1, -0.05) is 38.2 Å². The third kappa shape index (κ3) is 20.8. The second-order valence-corrected chi connectivity index (χ2v) is 5.86. The number of unbranched alkanes of at least 4 members (excludes halogenated alkanes) is 7. The summed E-state index contributed by atoms with van der Waals surface area (Å²) in [4.78, 5) is 6.42. The van der Waals surface area contributed by atoms with Gasteiger partial charge in [-0.25, -0.2) is 4.98 Å². The Hall–Kier alpha value is -1.17. The molecule has 0 radical (unpaired) electrons. The van der Waals surface area contributed by atoms with Crippen molar-refractivity contribution < 1.29 is 14.9 Å². The van der Waals surface area contributed by atoms with Crippen LogP contribution in [-0.2, 0) is 4.74 Å². The normalized spacial score (nSPS) is 14.8. The van der Waals surface area contributed by atoms with Crippen LogP contribution in [0, 0.1) is 0 Å². The number of imidazole rings is 1. The number of nitrogens with one attached hydrogen (secondary N) is 1. The Morgan fingerprint density at radius 3 is 2.08 bits per heavy atom. The van der Waals surface area contributed by atoms with Crippen LogP contribution in [0.25, 0.3) is 0 Å². The molecule has 1 aromatic heterocycles. The minimum absolute atomic E-state index is 0.341. The van der Waals surface area contributed by atoms with Crippen molar-refractivity contribution >= 4 is 0 Å². The Bertz CT molecular complexity index is 310. The Morgan fingerprint density at radius 1 is 1.04 bits per heavy atom. The third-order valence-electron chi connectivity index (χ3n) is 3.56. The van der Waals surface area contributed by atoms with Crippen molar-refractivity contribution in [3.63, 3.8) is 0 Å². The molecule has 2 rings (SSSR count).